The van der Waals surface area contributed by atoms with Crippen LogP contribution in [0.15, 0.2) is 122 Å². The molecule has 6 nitrogen and oxygen atoms in total. The molecule has 0 rings (SSSR count). The first-order valence-corrected chi connectivity index (χ1v) is 27.5. The molecule has 0 radical (unpaired) electrons. The van der Waals surface area contributed by atoms with E-state index in [0.717, 1.165) is 148 Å². The van der Waals surface area contributed by atoms with Gasteiger partial charge in [-0.15, -0.1) is 0 Å². The number of hydrogen-bond donors (Lipinski definition) is 0. The van der Waals surface area contributed by atoms with Crippen molar-refractivity contribution in [2.24, 2.45) is 0 Å². The Labute approximate surface area is 418 Å². The maximum Gasteiger partial charge on any atom is 0.306 e. The van der Waals surface area contributed by atoms with Crippen LogP contribution >= 0.6 is 0 Å². The quantitative estimate of drug-likeness (QED) is 0.0262. The Morgan fingerprint density at radius 2 is 0.574 bits per heavy atom. The van der Waals surface area contributed by atoms with Gasteiger partial charge in [-0.1, -0.05) is 213 Å². The summed E-state index contributed by atoms with van der Waals surface area (Å²) in [5.74, 6) is -0.954. The maximum atomic E-state index is 12.8. The Balaban J connectivity index is 4.29. The van der Waals surface area contributed by atoms with Crippen molar-refractivity contribution >= 4 is 17.9 Å². The number of carbonyl (C=O) groups excluding carboxylic acids is 3. The highest BCUT2D eigenvalue weighted by molar-refractivity contribution is 5.71. The molecular formula is C62H100O6. The van der Waals surface area contributed by atoms with Gasteiger partial charge in [-0.2, -0.15) is 0 Å². The SMILES string of the molecule is CC/C=C\C/C=C\C/C=C\C/C=C\C/C=C\C/C=C\CCCCCCCCCCC(=O)OCC(COC(=O)CCCCCCC/C=C\CCC)OC(=O)CCCCC/C=C\C/C=C\C/C=C\CC. The van der Waals surface area contributed by atoms with E-state index < -0.39 is 6.10 Å². The van der Waals surface area contributed by atoms with Gasteiger partial charge in [0, 0.05) is 19.3 Å². The summed E-state index contributed by atoms with van der Waals surface area (Å²) in [5.41, 5.74) is 0. The van der Waals surface area contributed by atoms with Crippen LogP contribution in [0.2, 0.25) is 0 Å². The lowest BCUT2D eigenvalue weighted by molar-refractivity contribution is -0.167. The van der Waals surface area contributed by atoms with Crippen LogP contribution in [0.5, 0.6) is 0 Å². The zero-order valence-electron chi connectivity index (χ0n) is 43.8. The number of carbonyl (C=O) groups is 3. The van der Waals surface area contributed by atoms with Crippen LogP contribution in [0.1, 0.15) is 233 Å². The first kappa shape index (κ1) is 63.8. The van der Waals surface area contributed by atoms with Crippen molar-refractivity contribution in [2.45, 2.75) is 239 Å². The molecule has 0 N–H and O–H groups in total. The van der Waals surface area contributed by atoms with Gasteiger partial charge in [-0.3, -0.25) is 14.4 Å². The van der Waals surface area contributed by atoms with Crippen LogP contribution in [0.4, 0.5) is 0 Å². The summed E-state index contributed by atoms with van der Waals surface area (Å²) < 4.78 is 16.7. The van der Waals surface area contributed by atoms with Gasteiger partial charge in [0.05, 0.1) is 0 Å². The second-order valence-electron chi connectivity index (χ2n) is 17.7. The third-order valence-corrected chi connectivity index (χ3v) is 11.2. The van der Waals surface area contributed by atoms with E-state index >= 15 is 0 Å². The van der Waals surface area contributed by atoms with Gasteiger partial charge in [-0.25, -0.2) is 0 Å². The molecule has 0 aromatic rings. The molecule has 0 aromatic heterocycles. The van der Waals surface area contributed by atoms with E-state index in [1.54, 1.807) is 0 Å². The van der Waals surface area contributed by atoms with Crippen molar-refractivity contribution in [3.63, 3.8) is 0 Å². The Hall–Kier alpha value is -4.19. The van der Waals surface area contributed by atoms with Crippen LogP contribution in [-0.2, 0) is 28.6 Å². The van der Waals surface area contributed by atoms with Crippen molar-refractivity contribution in [3.05, 3.63) is 122 Å². The molecule has 0 aliphatic rings. The predicted octanol–water partition coefficient (Wildman–Crippen LogP) is 18.5. The monoisotopic (exact) mass is 941 g/mol. The van der Waals surface area contributed by atoms with E-state index in [1.165, 1.54) is 44.9 Å². The summed E-state index contributed by atoms with van der Waals surface area (Å²) in [5, 5.41) is 0. The topological polar surface area (TPSA) is 78.9 Å². The normalized spacial score (nSPS) is 13.0. The smallest absolute Gasteiger partial charge is 0.306 e. The zero-order valence-corrected chi connectivity index (χ0v) is 43.8. The summed E-state index contributed by atoms with van der Waals surface area (Å²) in [6.07, 6.45) is 76.3. The third-order valence-electron chi connectivity index (χ3n) is 11.2. The number of ether oxygens (including phenoxy) is 3. The van der Waals surface area contributed by atoms with Gasteiger partial charge in [-0.05, 0) is 122 Å². The minimum absolute atomic E-state index is 0.0997. The van der Waals surface area contributed by atoms with E-state index in [-0.39, 0.29) is 37.5 Å². The largest absolute Gasteiger partial charge is 0.462 e. The molecule has 1 unspecified atom stereocenters. The molecule has 384 valence electrons. The molecule has 0 saturated heterocycles. The molecule has 0 aromatic carbocycles. The Morgan fingerprint density at radius 1 is 0.309 bits per heavy atom. The van der Waals surface area contributed by atoms with E-state index in [9.17, 15) is 14.4 Å². The predicted molar refractivity (Wildman–Crippen MR) is 293 cm³/mol. The van der Waals surface area contributed by atoms with Crippen molar-refractivity contribution in [1.29, 1.82) is 0 Å². The fraction of sp³-hybridized carbons (Fsp3) is 0.629. The van der Waals surface area contributed by atoms with Gasteiger partial charge in [0.2, 0.25) is 0 Å². The van der Waals surface area contributed by atoms with E-state index in [0.29, 0.717) is 12.8 Å². The number of allylic oxidation sites excluding steroid dienone is 20. The summed E-state index contributed by atoms with van der Waals surface area (Å²) in [6, 6.07) is 0. The van der Waals surface area contributed by atoms with E-state index in [1.807, 2.05) is 0 Å². The van der Waals surface area contributed by atoms with Crippen LogP contribution in [0, 0.1) is 0 Å². The number of rotatable bonds is 48. The molecule has 68 heavy (non-hydrogen) atoms. The van der Waals surface area contributed by atoms with Crippen LogP contribution in [0.3, 0.4) is 0 Å². The molecule has 0 fully saturated rings. The lowest BCUT2D eigenvalue weighted by Gasteiger charge is -2.18. The third kappa shape index (κ3) is 52.8. The highest BCUT2D eigenvalue weighted by Crippen LogP contribution is 2.14. The molecule has 0 saturated carbocycles. The fourth-order valence-electron chi connectivity index (χ4n) is 7.11. The highest BCUT2D eigenvalue weighted by Gasteiger charge is 2.19. The maximum absolute atomic E-state index is 12.8. The Bertz CT molecular complexity index is 1450. The lowest BCUT2D eigenvalue weighted by Crippen LogP contribution is -2.30. The van der Waals surface area contributed by atoms with E-state index in [2.05, 4.69) is 142 Å². The molecule has 0 heterocycles. The fourth-order valence-corrected chi connectivity index (χ4v) is 7.11. The van der Waals surface area contributed by atoms with Crippen molar-refractivity contribution in [3.8, 4) is 0 Å². The first-order chi connectivity index (χ1) is 33.5. The lowest BCUT2D eigenvalue weighted by atomic mass is 10.1. The second kappa shape index (κ2) is 55.4. The van der Waals surface area contributed by atoms with Crippen molar-refractivity contribution in [2.75, 3.05) is 13.2 Å². The first-order valence-electron chi connectivity index (χ1n) is 27.5. The minimum atomic E-state index is -0.802. The number of esters is 3. The molecule has 0 bridgehead atoms. The van der Waals surface area contributed by atoms with Gasteiger partial charge in [0.15, 0.2) is 6.10 Å². The Kier molecular flexibility index (Phi) is 52.0. The van der Waals surface area contributed by atoms with Gasteiger partial charge >= 0.3 is 17.9 Å². The van der Waals surface area contributed by atoms with Crippen LogP contribution in [0.25, 0.3) is 0 Å². The van der Waals surface area contributed by atoms with E-state index in [4.69, 9.17) is 14.2 Å². The molecule has 0 aliphatic carbocycles. The molecule has 0 amide bonds. The minimum Gasteiger partial charge on any atom is -0.462 e. The average Bonchev–Trinajstić information content (AvgIpc) is 3.34. The number of unbranched alkanes of at least 4 members (excludes halogenated alkanes) is 17. The summed E-state index contributed by atoms with van der Waals surface area (Å²) in [7, 11) is 0. The summed E-state index contributed by atoms with van der Waals surface area (Å²) in [4.78, 5) is 38.0. The van der Waals surface area contributed by atoms with Crippen molar-refractivity contribution < 1.29 is 28.6 Å². The molecular weight excluding hydrogens is 841 g/mol. The van der Waals surface area contributed by atoms with Crippen LogP contribution < -0.4 is 0 Å². The molecule has 1 atom stereocenters. The summed E-state index contributed by atoms with van der Waals surface area (Å²) in [6.45, 7) is 6.29. The highest BCUT2D eigenvalue weighted by atomic mass is 16.6. The average molecular weight is 941 g/mol. The van der Waals surface area contributed by atoms with Gasteiger partial charge in [0.25, 0.3) is 0 Å². The standard InChI is InChI=1S/C62H100O6/c1-4-7-10-13-16-19-22-24-25-26-27-28-29-30-31-32-33-34-35-36-37-39-40-43-46-49-52-55-61(64)67-58-59(57-66-60(63)54-51-48-45-42-21-18-15-12-9-6-3)68-62(65)56-53-50-47-44-41-38-23-20-17-14-11-8-5-2/h7-8,10-12,15-17,19-20,24-25,27-28,30-31,33-34,38,41,59H,4-6,9,13-14,18,21-23,26,29,32,35-37,39-40,42-58H2,1-3H3/b10-7-,11-8-,15-12-,19-16-,20-17-,25-24-,28-27-,31-30-,34-33-,41-38-. The van der Waals surface area contributed by atoms with Gasteiger partial charge < -0.3 is 14.2 Å². The number of hydrogen-bond acceptors (Lipinski definition) is 6. The molecule has 0 spiro atoms. The second-order valence-corrected chi connectivity index (χ2v) is 17.7. The van der Waals surface area contributed by atoms with Crippen LogP contribution in [-0.4, -0.2) is 37.2 Å². The molecule has 0 aliphatic heterocycles. The zero-order chi connectivity index (χ0) is 49.3. The molecule has 6 heteroatoms. The van der Waals surface area contributed by atoms with Gasteiger partial charge in [0.1, 0.15) is 13.2 Å². The summed E-state index contributed by atoms with van der Waals surface area (Å²) >= 11 is 0. The Morgan fingerprint density at radius 3 is 0.926 bits per heavy atom. The van der Waals surface area contributed by atoms with Crippen molar-refractivity contribution in [1.82, 2.24) is 0 Å².